The molecule has 2 fully saturated rings. The van der Waals surface area contributed by atoms with Crippen LogP contribution in [0.15, 0.2) is 0 Å². The Morgan fingerprint density at radius 1 is 1.33 bits per heavy atom. The predicted molar refractivity (Wildman–Crippen MR) is 48.8 cm³/mol. The summed E-state index contributed by atoms with van der Waals surface area (Å²) in [5, 5.41) is 0. The zero-order valence-electron chi connectivity index (χ0n) is 7.83. The van der Waals surface area contributed by atoms with E-state index in [4.69, 9.17) is 10.5 Å². The second-order valence-corrected chi connectivity index (χ2v) is 4.39. The van der Waals surface area contributed by atoms with Gasteiger partial charge < -0.3 is 10.5 Å². The third kappa shape index (κ3) is 1.64. The van der Waals surface area contributed by atoms with Gasteiger partial charge in [0.15, 0.2) is 0 Å². The van der Waals surface area contributed by atoms with Crippen molar-refractivity contribution in [3.05, 3.63) is 0 Å². The van der Waals surface area contributed by atoms with Gasteiger partial charge >= 0.3 is 0 Å². The van der Waals surface area contributed by atoms with Crippen molar-refractivity contribution in [2.24, 2.45) is 23.5 Å². The second-order valence-electron chi connectivity index (χ2n) is 4.39. The van der Waals surface area contributed by atoms with E-state index in [1.54, 1.807) is 0 Å². The molecular weight excluding hydrogens is 150 g/mol. The molecule has 1 saturated heterocycles. The quantitative estimate of drug-likeness (QED) is 0.678. The molecule has 0 spiro atoms. The lowest BCUT2D eigenvalue weighted by atomic mass is 9.81. The van der Waals surface area contributed by atoms with Crippen molar-refractivity contribution in [1.82, 2.24) is 0 Å². The summed E-state index contributed by atoms with van der Waals surface area (Å²) in [5.41, 5.74) is 6.02. The van der Waals surface area contributed by atoms with Crippen LogP contribution in [-0.4, -0.2) is 19.3 Å². The summed E-state index contributed by atoms with van der Waals surface area (Å²) in [4.78, 5) is 0. The van der Waals surface area contributed by atoms with Crippen LogP contribution in [0.3, 0.4) is 0 Å². The predicted octanol–water partition coefficient (Wildman–Crippen LogP) is 1.40. The second kappa shape index (κ2) is 3.35. The molecule has 2 aliphatic rings. The van der Waals surface area contributed by atoms with Crippen molar-refractivity contribution in [2.45, 2.75) is 32.2 Å². The molecule has 0 amide bonds. The minimum atomic E-state index is 0.300. The SMILES string of the molecule is CC(C1CC1)C1CCOCC1N. The van der Waals surface area contributed by atoms with E-state index in [1.807, 2.05) is 0 Å². The summed E-state index contributed by atoms with van der Waals surface area (Å²) in [6, 6.07) is 0.300. The molecule has 0 aromatic carbocycles. The highest BCUT2D eigenvalue weighted by molar-refractivity contribution is 4.88. The lowest BCUT2D eigenvalue weighted by Gasteiger charge is -2.33. The molecule has 1 heterocycles. The maximum atomic E-state index is 6.02. The van der Waals surface area contributed by atoms with Crippen molar-refractivity contribution in [3.8, 4) is 0 Å². The molecule has 3 unspecified atom stereocenters. The molecule has 1 saturated carbocycles. The summed E-state index contributed by atoms with van der Waals surface area (Å²) in [6.07, 6.45) is 4.05. The Morgan fingerprint density at radius 2 is 2.08 bits per heavy atom. The van der Waals surface area contributed by atoms with Gasteiger partial charge in [-0.25, -0.2) is 0 Å². The van der Waals surface area contributed by atoms with E-state index in [2.05, 4.69) is 6.92 Å². The van der Waals surface area contributed by atoms with E-state index < -0.39 is 0 Å². The lowest BCUT2D eigenvalue weighted by molar-refractivity contribution is 0.0280. The molecule has 70 valence electrons. The summed E-state index contributed by atoms with van der Waals surface area (Å²) in [7, 11) is 0. The first-order valence-electron chi connectivity index (χ1n) is 5.12. The molecule has 2 nitrogen and oxygen atoms in total. The molecule has 2 heteroatoms. The van der Waals surface area contributed by atoms with E-state index in [1.165, 1.54) is 19.3 Å². The van der Waals surface area contributed by atoms with Crippen LogP contribution in [0.4, 0.5) is 0 Å². The number of nitrogens with two attached hydrogens (primary N) is 1. The summed E-state index contributed by atoms with van der Waals surface area (Å²) in [6.45, 7) is 4.07. The molecule has 0 aromatic heterocycles. The first-order valence-corrected chi connectivity index (χ1v) is 5.12. The summed E-state index contributed by atoms with van der Waals surface area (Å²) in [5.74, 6) is 2.55. The first-order chi connectivity index (χ1) is 5.79. The van der Waals surface area contributed by atoms with Crippen LogP contribution in [0.5, 0.6) is 0 Å². The van der Waals surface area contributed by atoms with Gasteiger partial charge in [0.1, 0.15) is 0 Å². The highest BCUT2D eigenvalue weighted by Crippen LogP contribution is 2.42. The van der Waals surface area contributed by atoms with Gasteiger partial charge in [0, 0.05) is 12.6 Å². The fraction of sp³-hybridized carbons (Fsp3) is 1.00. The average Bonchev–Trinajstić information content (AvgIpc) is 2.86. The Morgan fingerprint density at radius 3 is 2.67 bits per heavy atom. The Bertz CT molecular complexity index is 156. The molecule has 0 radical (unpaired) electrons. The van der Waals surface area contributed by atoms with E-state index in [0.29, 0.717) is 6.04 Å². The van der Waals surface area contributed by atoms with E-state index in [9.17, 15) is 0 Å². The highest BCUT2D eigenvalue weighted by Gasteiger charge is 2.36. The Hall–Kier alpha value is -0.0800. The highest BCUT2D eigenvalue weighted by atomic mass is 16.5. The van der Waals surface area contributed by atoms with E-state index in [0.717, 1.165) is 31.0 Å². The molecule has 1 aliphatic carbocycles. The van der Waals surface area contributed by atoms with Gasteiger partial charge in [0.2, 0.25) is 0 Å². The van der Waals surface area contributed by atoms with Crippen LogP contribution in [0.1, 0.15) is 26.2 Å². The summed E-state index contributed by atoms with van der Waals surface area (Å²) >= 11 is 0. The minimum Gasteiger partial charge on any atom is -0.380 e. The van der Waals surface area contributed by atoms with Crippen molar-refractivity contribution < 1.29 is 4.74 Å². The number of hydrogen-bond acceptors (Lipinski definition) is 2. The lowest BCUT2D eigenvalue weighted by Crippen LogP contribution is -2.42. The molecule has 0 aromatic rings. The fourth-order valence-electron chi connectivity index (χ4n) is 2.40. The minimum absolute atomic E-state index is 0.300. The van der Waals surface area contributed by atoms with Crippen LogP contribution in [-0.2, 0) is 4.74 Å². The molecule has 1 aliphatic heterocycles. The average molecular weight is 169 g/mol. The Kier molecular flexibility index (Phi) is 2.37. The Labute approximate surface area is 74.5 Å². The third-order valence-electron chi connectivity index (χ3n) is 3.50. The van der Waals surface area contributed by atoms with Crippen LogP contribution in [0, 0.1) is 17.8 Å². The van der Waals surface area contributed by atoms with Crippen LogP contribution >= 0.6 is 0 Å². The van der Waals surface area contributed by atoms with Crippen molar-refractivity contribution in [3.63, 3.8) is 0 Å². The van der Waals surface area contributed by atoms with Crippen LogP contribution < -0.4 is 5.73 Å². The molecular formula is C10H19NO. The number of ether oxygens (including phenoxy) is 1. The normalized spacial score (nSPS) is 39.5. The Balaban J connectivity index is 1.90. The standard InChI is InChI=1S/C10H19NO/c1-7(8-2-3-8)9-4-5-12-6-10(9)11/h7-10H,2-6,11H2,1H3. The third-order valence-corrected chi connectivity index (χ3v) is 3.50. The monoisotopic (exact) mass is 169 g/mol. The van der Waals surface area contributed by atoms with Crippen LogP contribution in [0.25, 0.3) is 0 Å². The molecule has 3 atom stereocenters. The summed E-state index contributed by atoms with van der Waals surface area (Å²) < 4.78 is 5.34. The fourth-order valence-corrected chi connectivity index (χ4v) is 2.40. The maximum absolute atomic E-state index is 6.02. The van der Waals surface area contributed by atoms with Gasteiger partial charge in [-0.05, 0) is 37.0 Å². The van der Waals surface area contributed by atoms with Gasteiger partial charge in [0.05, 0.1) is 6.61 Å². The van der Waals surface area contributed by atoms with Crippen molar-refractivity contribution in [2.75, 3.05) is 13.2 Å². The first kappa shape index (κ1) is 8.52. The number of rotatable bonds is 2. The van der Waals surface area contributed by atoms with E-state index >= 15 is 0 Å². The topological polar surface area (TPSA) is 35.2 Å². The molecule has 0 bridgehead atoms. The van der Waals surface area contributed by atoms with Crippen LogP contribution in [0.2, 0.25) is 0 Å². The smallest absolute Gasteiger partial charge is 0.0620 e. The van der Waals surface area contributed by atoms with Crippen molar-refractivity contribution in [1.29, 1.82) is 0 Å². The largest absolute Gasteiger partial charge is 0.380 e. The zero-order chi connectivity index (χ0) is 8.55. The van der Waals surface area contributed by atoms with Gasteiger partial charge in [0.25, 0.3) is 0 Å². The van der Waals surface area contributed by atoms with Gasteiger partial charge in [-0.15, -0.1) is 0 Å². The van der Waals surface area contributed by atoms with E-state index in [-0.39, 0.29) is 0 Å². The molecule has 2 rings (SSSR count). The maximum Gasteiger partial charge on any atom is 0.0620 e. The van der Waals surface area contributed by atoms with Crippen molar-refractivity contribution >= 4 is 0 Å². The van der Waals surface area contributed by atoms with Gasteiger partial charge in [-0.1, -0.05) is 6.92 Å². The van der Waals surface area contributed by atoms with Gasteiger partial charge in [-0.2, -0.15) is 0 Å². The van der Waals surface area contributed by atoms with Gasteiger partial charge in [-0.3, -0.25) is 0 Å². The molecule has 12 heavy (non-hydrogen) atoms. The number of hydrogen-bond donors (Lipinski definition) is 1. The zero-order valence-corrected chi connectivity index (χ0v) is 7.83. The molecule has 2 N–H and O–H groups in total.